The normalized spacial score (nSPS) is 21.8. The highest BCUT2D eigenvalue weighted by Gasteiger charge is 2.36. The van der Waals surface area contributed by atoms with Crippen molar-refractivity contribution >= 4 is 29.5 Å². The molecule has 0 radical (unpaired) electrons. The van der Waals surface area contributed by atoms with E-state index >= 15 is 0 Å². The highest BCUT2D eigenvalue weighted by Crippen LogP contribution is 2.35. The van der Waals surface area contributed by atoms with Crippen LogP contribution in [0.15, 0.2) is 66.7 Å². The Bertz CT molecular complexity index is 1800. The maximum atomic E-state index is 13.6. The van der Waals surface area contributed by atoms with Crippen molar-refractivity contribution in [2.24, 2.45) is 5.92 Å². The van der Waals surface area contributed by atoms with Crippen LogP contribution in [0.5, 0.6) is 23.0 Å². The minimum atomic E-state index is -0.996. The number of methoxy groups -OCH3 is 2. The number of hydrogen-bond donors (Lipinski definition) is 5. The third kappa shape index (κ3) is 10.7. The summed E-state index contributed by atoms with van der Waals surface area (Å²) in [5.41, 5.74) is 1.96. The minimum Gasteiger partial charge on any atom is -0.496 e. The molecular weight excluding hydrogens is 694 g/mol. The van der Waals surface area contributed by atoms with E-state index in [1.807, 2.05) is 30.3 Å². The number of rotatable bonds is 6. The lowest BCUT2D eigenvalue weighted by molar-refractivity contribution is -0.145. The Labute approximate surface area is 314 Å². The van der Waals surface area contributed by atoms with Crippen molar-refractivity contribution in [2.75, 3.05) is 33.9 Å². The van der Waals surface area contributed by atoms with Crippen LogP contribution in [0.3, 0.4) is 0 Å². The van der Waals surface area contributed by atoms with Gasteiger partial charge < -0.3 is 45.5 Å². The number of carbonyl (C=O) groups excluding carboxylic acids is 5. The predicted molar refractivity (Wildman–Crippen MR) is 199 cm³/mol. The quantitative estimate of drug-likeness (QED) is 0.237. The Morgan fingerprint density at radius 1 is 0.889 bits per heavy atom. The van der Waals surface area contributed by atoms with E-state index in [0.717, 1.165) is 5.56 Å². The molecule has 4 bridgehead atoms. The molecule has 3 aliphatic rings. The number of aryl methyl sites for hydroxylation is 1. The molecule has 3 aromatic carbocycles. The molecule has 1 aliphatic carbocycles. The molecule has 0 unspecified atom stereocenters. The molecule has 5 N–H and O–H groups in total. The fourth-order valence-electron chi connectivity index (χ4n) is 6.36. The summed E-state index contributed by atoms with van der Waals surface area (Å²) in [6.07, 6.45) is 1.80. The maximum absolute atomic E-state index is 13.6. The van der Waals surface area contributed by atoms with E-state index < -0.39 is 41.8 Å². The molecule has 54 heavy (non-hydrogen) atoms. The first-order valence-electron chi connectivity index (χ1n) is 18.2. The van der Waals surface area contributed by atoms with Gasteiger partial charge in [0.25, 0.3) is 5.91 Å². The lowest BCUT2D eigenvalue weighted by Crippen LogP contribution is -2.55. The summed E-state index contributed by atoms with van der Waals surface area (Å²) in [7, 11) is 2.99. The molecule has 2 atom stereocenters. The summed E-state index contributed by atoms with van der Waals surface area (Å²) in [5.74, 6) is -0.945. The van der Waals surface area contributed by atoms with Crippen LogP contribution in [0.25, 0.3) is 0 Å². The van der Waals surface area contributed by atoms with Gasteiger partial charge in [-0.3, -0.25) is 24.0 Å². The van der Waals surface area contributed by atoms with Gasteiger partial charge >= 0.3 is 0 Å². The van der Waals surface area contributed by atoms with Crippen LogP contribution < -0.4 is 35.5 Å². The van der Waals surface area contributed by atoms with E-state index in [1.165, 1.54) is 19.1 Å². The van der Waals surface area contributed by atoms with E-state index in [2.05, 4.69) is 21.3 Å². The van der Waals surface area contributed by atoms with Crippen molar-refractivity contribution < 1.29 is 43.3 Å². The van der Waals surface area contributed by atoms with Gasteiger partial charge in [0.1, 0.15) is 23.6 Å². The van der Waals surface area contributed by atoms with E-state index in [9.17, 15) is 29.1 Å². The van der Waals surface area contributed by atoms with E-state index in [4.69, 9.17) is 14.2 Å². The average molecular weight is 744 g/mol. The van der Waals surface area contributed by atoms with Crippen LogP contribution in [-0.4, -0.2) is 91.6 Å². The van der Waals surface area contributed by atoms with Crippen molar-refractivity contribution in [1.82, 2.24) is 26.2 Å². The minimum absolute atomic E-state index is 0.0809. The molecule has 2 aliphatic heterocycles. The second-order valence-electron chi connectivity index (χ2n) is 13.6. The second-order valence-corrected chi connectivity index (χ2v) is 13.6. The molecule has 5 amide bonds. The third-order valence-corrected chi connectivity index (χ3v) is 9.58. The van der Waals surface area contributed by atoms with Crippen LogP contribution in [0.2, 0.25) is 0 Å². The van der Waals surface area contributed by atoms with E-state index in [-0.39, 0.29) is 37.9 Å². The molecule has 1 saturated carbocycles. The Kier molecular flexibility index (Phi) is 13.9. The number of nitrogens with one attached hydrogen (secondary N) is 4. The molecule has 3 aromatic rings. The summed E-state index contributed by atoms with van der Waals surface area (Å²) >= 11 is 0. The molecule has 14 heteroatoms. The zero-order valence-corrected chi connectivity index (χ0v) is 30.9. The van der Waals surface area contributed by atoms with Crippen LogP contribution in [-0.2, 0) is 32.1 Å². The SMILES string of the molecule is COc1cc2ccc1CNC(=O)[C@H](C)NC(=O)[C@H](CCc1ccccc1)NC(=O)CN(C(=O)C1CC(O)C1)CCCCNC(=O)c1ccc(OC)c(c1)O2. The maximum Gasteiger partial charge on any atom is 0.251 e. The van der Waals surface area contributed by atoms with Gasteiger partial charge in [-0.25, -0.2) is 0 Å². The van der Waals surface area contributed by atoms with E-state index in [0.29, 0.717) is 72.8 Å². The number of fused-ring (bicyclic) bond motifs is 18. The molecule has 0 aromatic heterocycles. The van der Waals surface area contributed by atoms with Gasteiger partial charge in [-0.05, 0) is 81.3 Å². The Hall–Kier alpha value is -5.63. The number of aliphatic hydroxyl groups is 1. The summed E-state index contributed by atoms with van der Waals surface area (Å²) in [6, 6.07) is 17.5. The Morgan fingerprint density at radius 3 is 2.37 bits per heavy atom. The summed E-state index contributed by atoms with van der Waals surface area (Å²) in [4.78, 5) is 68.4. The zero-order valence-electron chi connectivity index (χ0n) is 30.9. The number of carbonyl (C=O) groups is 5. The van der Waals surface area contributed by atoms with Crippen LogP contribution in [0.1, 0.15) is 60.5 Å². The molecule has 288 valence electrons. The van der Waals surface area contributed by atoms with Crippen molar-refractivity contribution in [3.8, 4) is 23.0 Å². The predicted octanol–water partition coefficient (Wildman–Crippen LogP) is 2.86. The number of ether oxygens (including phenoxy) is 3. The van der Waals surface area contributed by atoms with Gasteiger partial charge in [-0.1, -0.05) is 30.3 Å². The molecule has 2 heterocycles. The molecule has 1 fully saturated rings. The number of nitrogens with zero attached hydrogens (tertiary/aromatic N) is 1. The van der Waals surface area contributed by atoms with Gasteiger partial charge in [0.2, 0.25) is 23.6 Å². The largest absolute Gasteiger partial charge is 0.496 e. The zero-order chi connectivity index (χ0) is 38.6. The number of hydrogen-bond acceptors (Lipinski definition) is 9. The molecule has 0 spiro atoms. The molecular formula is C40H49N5O9. The van der Waals surface area contributed by atoms with Crippen molar-refractivity contribution in [1.29, 1.82) is 0 Å². The fraction of sp³-hybridized carbons (Fsp3) is 0.425. The lowest BCUT2D eigenvalue weighted by Gasteiger charge is -2.35. The second kappa shape index (κ2) is 18.9. The monoisotopic (exact) mass is 743 g/mol. The van der Waals surface area contributed by atoms with Crippen molar-refractivity contribution in [3.05, 3.63) is 83.4 Å². The van der Waals surface area contributed by atoms with Crippen LogP contribution in [0.4, 0.5) is 0 Å². The summed E-state index contributed by atoms with van der Waals surface area (Å²) in [5, 5.41) is 21.1. The smallest absolute Gasteiger partial charge is 0.251 e. The van der Waals surface area contributed by atoms with Gasteiger partial charge in [0.05, 0.1) is 26.9 Å². The number of amides is 5. The topological polar surface area (TPSA) is 185 Å². The fourth-order valence-corrected chi connectivity index (χ4v) is 6.36. The third-order valence-electron chi connectivity index (χ3n) is 9.58. The Balaban J connectivity index is 1.38. The van der Waals surface area contributed by atoms with Crippen LogP contribution in [0, 0.1) is 5.92 Å². The van der Waals surface area contributed by atoms with Gasteiger partial charge in [0, 0.05) is 42.7 Å². The lowest BCUT2D eigenvalue weighted by atomic mass is 9.81. The summed E-state index contributed by atoms with van der Waals surface area (Å²) in [6.45, 7) is 1.88. The molecule has 14 nitrogen and oxygen atoms in total. The van der Waals surface area contributed by atoms with Gasteiger partial charge in [-0.2, -0.15) is 0 Å². The molecule has 6 rings (SSSR count). The average Bonchev–Trinajstić information content (AvgIpc) is 3.16. The van der Waals surface area contributed by atoms with Gasteiger partial charge in [-0.15, -0.1) is 0 Å². The first-order chi connectivity index (χ1) is 26.0. The highest BCUT2D eigenvalue weighted by atomic mass is 16.5. The van der Waals surface area contributed by atoms with Gasteiger partial charge in [0.15, 0.2) is 11.5 Å². The highest BCUT2D eigenvalue weighted by molar-refractivity contribution is 5.95. The van der Waals surface area contributed by atoms with Crippen molar-refractivity contribution in [3.63, 3.8) is 0 Å². The number of aliphatic hydroxyl groups excluding tert-OH is 1. The molecule has 0 saturated heterocycles. The number of benzene rings is 3. The standard InChI is InChI=1S/C40H49N5O9/c1-25-37(48)42-23-28-12-14-31(22-34(28)53-3)54-35-21-27(13-16-33(35)52-2)38(49)41-17-7-8-18-45(40(51)29-19-30(46)20-29)24-36(47)44-32(39(50)43-25)15-11-26-9-5-4-6-10-26/h4-6,9-10,12-14,16,21-22,25,29-30,32,46H,7-8,11,15,17-20,23-24H2,1-3H3,(H,41,49)(H,42,48)(H,43,50)(H,44,47)/t25-,29?,30?,32-/m0/s1. The van der Waals surface area contributed by atoms with E-state index in [1.54, 1.807) is 43.3 Å². The van der Waals surface area contributed by atoms with Crippen LogP contribution >= 0.6 is 0 Å². The van der Waals surface area contributed by atoms with Crippen molar-refractivity contribution in [2.45, 2.75) is 70.2 Å². The first-order valence-corrected chi connectivity index (χ1v) is 18.2. The first kappa shape index (κ1) is 39.6. The summed E-state index contributed by atoms with van der Waals surface area (Å²) < 4.78 is 17.2. The Morgan fingerprint density at radius 2 is 1.65 bits per heavy atom.